The Kier molecular flexibility index (Phi) is 4.12. The number of carboxylic acid groups (broad SMARTS) is 2. The normalized spacial score (nSPS) is 11.1. The molecule has 0 aliphatic carbocycles. The van der Waals surface area contributed by atoms with Gasteiger partial charge in [0.2, 0.25) is 5.76 Å². The third-order valence-electron chi connectivity index (χ3n) is 1.77. The summed E-state index contributed by atoms with van der Waals surface area (Å²) in [6.07, 6.45) is 0.459. The summed E-state index contributed by atoms with van der Waals surface area (Å²) in [5, 5.41) is 17.4. The molecule has 0 unspecified atom stereocenters. The molecule has 17 heavy (non-hydrogen) atoms. The number of halogens is 1. The fourth-order valence-electron chi connectivity index (χ4n) is 1.05. The van der Waals surface area contributed by atoms with Crippen molar-refractivity contribution in [1.82, 2.24) is 0 Å². The van der Waals surface area contributed by atoms with Gasteiger partial charge in [0, 0.05) is 0 Å². The summed E-state index contributed by atoms with van der Waals surface area (Å²) < 4.78 is 4.95. The first-order valence-electron chi connectivity index (χ1n) is 4.52. The minimum absolute atomic E-state index is 0.0987. The van der Waals surface area contributed by atoms with Crippen molar-refractivity contribution < 1.29 is 24.5 Å². The Bertz CT molecular complexity index is 493. The minimum atomic E-state index is -1.48. The van der Waals surface area contributed by atoms with Crippen LogP contribution in [-0.2, 0) is 9.59 Å². The smallest absolute Gasteiger partial charge is 0.372 e. The van der Waals surface area contributed by atoms with E-state index in [1.54, 1.807) is 13.0 Å². The van der Waals surface area contributed by atoms with E-state index in [4.69, 9.17) is 26.6 Å². The van der Waals surface area contributed by atoms with Crippen LogP contribution >= 0.6 is 11.6 Å². The van der Waals surface area contributed by atoms with Crippen molar-refractivity contribution in [1.29, 1.82) is 0 Å². The first kappa shape index (κ1) is 13.1. The van der Waals surface area contributed by atoms with Crippen LogP contribution < -0.4 is 4.74 Å². The van der Waals surface area contributed by atoms with Crippen LogP contribution in [0, 0.1) is 6.92 Å². The van der Waals surface area contributed by atoms with Gasteiger partial charge in [0.05, 0.1) is 11.1 Å². The topological polar surface area (TPSA) is 83.8 Å². The number of rotatable bonds is 4. The second-order valence-corrected chi connectivity index (χ2v) is 3.60. The van der Waals surface area contributed by atoms with E-state index in [1.165, 1.54) is 12.1 Å². The Labute approximate surface area is 102 Å². The van der Waals surface area contributed by atoms with Crippen molar-refractivity contribution in [2.24, 2.45) is 0 Å². The van der Waals surface area contributed by atoms with Crippen LogP contribution in [0.4, 0.5) is 0 Å². The quantitative estimate of drug-likeness (QED) is 0.636. The van der Waals surface area contributed by atoms with Crippen molar-refractivity contribution in [3.8, 4) is 5.75 Å². The zero-order chi connectivity index (χ0) is 13.0. The van der Waals surface area contributed by atoms with Gasteiger partial charge in [-0.3, -0.25) is 0 Å². The lowest BCUT2D eigenvalue weighted by Gasteiger charge is -2.08. The first-order chi connectivity index (χ1) is 7.90. The van der Waals surface area contributed by atoms with Crippen LogP contribution in [0.25, 0.3) is 0 Å². The summed E-state index contributed by atoms with van der Waals surface area (Å²) in [5.41, 5.74) is 0.810. The van der Waals surface area contributed by atoms with Crippen LogP contribution in [0.1, 0.15) is 5.56 Å². The molecule has 6 heteroatoms. The Hall–Kier alpha value is -2.01. The molecule has 0 radical (unpaired) electrons. The predicted molar refractivity (Wildman–Crippen MR) is 60.2 cm³/mol. The highest BCUT2D eigenvalue weighted by molar-refractivity contribution is 6.32. The maximum absolute atomic E-state index is 10.7. The predicted octanol–water partition coefficient (Wildman–Crippen LogP) is 2.08. The van der Waals surface area contributed by atoms with E-state index >= 15 is 0 Å². The van der Waals surface area contributed by atoms with Crippen LogP contribution in [0.5, 0.6) is 5.75 Å². The molecule has 1 aromatic carbocycles. The fraction of sp³-hybridized carbons (Fsp3) is 0.0909. The molecule has 0 heterocycles. The van der Waals surface area contributed by atoms with E-state index in [0.29, 0.717) is 6.08 Å². The maximum atomic E-state index is 10.7. The molecule has 0 atom stereocenters. The van der Waals surface area contributed by atoms with Crippen molar-refractivity contribution in [3.05, 3.63) is 40.6 Å². The molecule has 0 aliphatic heterocycles. The number of aliphatic carboxylic acids is 2. The van der Waals surface area contributed by atoms with Gasteiger partial charge in [-0.25, -0.2) is 9.59 Å². The number of ether oxygens (including phenoxy) is 1. The van der Waals surface area contributed by atoms with Gasteiger partial charge in [-0.2, -0.15) is 0 Å². The molecule has 0 spiro atoms. The average Bonchev–Trinajstić information content (AvgIpc) is 2.21. The molecule has 0 fully saturated rings. The summed E-state index contributed by atoms with van der Waals surface area (Å²) >= 11 is 5.79. The van der Waals surface area contributed by atoms with Gasteiger partial charge in [-0.05, 0) is 24.6 Å². The molecule has 0 aromatic heterocycles. The zero-order valence-electron chi connectivity index (χ0n) is 8.81. The summed E-state index contributed by atoms with van der Waals surface area (Å²) in [4.78, 5) is 21.1. The average molecular weight is 257 g/mol. The lowest BCUT2D eigenvalue weighted by Crippen LogP contribution is -2.10. The second-order valence-electron chi connectivity index (χ2n) is 3.19. The third-order valence-corrected chi connectivity index (χ3v) is 2.08. The Balaban J connectivity index is 3.06. The van der Waals surface area contributed by atoms with Gasteiger partial charge < -0.3 is 14.9 Å². The number of benzene rings is 1. The van der Waals surface area contributed by atoms with E-state index in [0.717, 1.165) is 5.56 Å². The largest absolute Gasteiger partial charge is 0.478 e. The summed E-state index contributed by atoms with van der Waals surface area (Å²) in [5.74, 6) is -3.50. The second kappa shape index (κ2) is 5.36. The van der Waals surface area contributed by atoms with E-state index in [9.17, 15) is 9.59 Å². The van der Waals surface area contributed by atoms with Crippen LogP contribution in [0.15, 0.2) is 30.0 Å². The highest BCUT2D eigenvalue weighted by Crippen LogP contribution is 2.26. The Morgan fingerprint density at radius 1 is 1.35 bits per heavy atom. The Morgan fingerprint density at radius 2 is 2.00 bits per heavy atom. The van der Waals surface area contributed by atoms with Crippen molar-refractivity contribution in [2.75, 3.05) is 0 Å². The molecule has 0 bridgehead atoms. The number of aryl methyl sites for hydroxylation is 1. The molecule has 0 amide bonds. The lowest BCUT2D eigenvalue weighted by atomic mass is 10.2. The van der Waals surface area contributed by atoms with E-state index in [1.807, 2.05) is 0 Å². The number of hydrogen-bond donors (Lipinski definition) is 2. The molecule has 5 nitrogen and oxygen atoms in total. The third kappa shape index (κ3) is 3.81. The van der Waals surface area contributed by atoms with Gasteiger partial charge >= 0.3 is 11.9 Å². The summed E-state index contributed by atoms with van der Waals surface area (Å²) in [7, 11) is 0. The van der Waals surface area contributed by atoms with Crippen molar-refractivity contribution >= 4 is 23.5 Å². The van der Waals surface area contributed by atoms with Gasteiger partial charge in [0.15, 0.2) is 0 Å². The van der Waals surface area contributed by atoms with Crippen molar-refractivity contribution in [3.63, 3.8) is 0 Å². The SMILES string of the molecule is Cc1ccc(Cl)c(O/C(=C/C(=O)O)C(=O)O)c1. The molecule has 1 aromatic rings. The van der Waals surface area contributed by atoms with Crippen molar-refractivity contribution in [2.45, 2.75) is 6.92 Å². The molecule has 0 aliphatic rings. The zero-order valence-corrected chi connectivity index (χ0v) is 9.56. The minimum Gasteiger partial charge on any atom is -0.478 e. The summed E-state index contributed by atoms with van der Waals surface area (Å²) in [6.45, 7) is 1.77. The summed E-state index contributed by atoms with van der Waals surface area (Å²) in [6, 6.07) is 4.77. The number of hydrogen-bond acceptors (Lipinski definition) is 3. The van der Waals surface area contributed by atoms with Gasteiger partial charge in [0.25, 0.3) is 0 Å². The monoisotopic (exact) mass is 256 g/mol. The molecular weight excluding hydrogens is 248 g/mol. The first-order valence-corrected chi connectivity index (χ1v) is 4.90. The molecule has 0 saturated carbocycles. The Morgan fingerprint density at radius 3 is 2.53 bits per heavy atom. The van der Waals surface area contributed by atoms with Gasteiger partial charge in [0.1, 0.15) is 5.75 Å². The number of carbonyl (C=O) groups is 2. The highest BCUT2D eigenvalue weighted by Gasteiger charge is 2.14. The van der Waals surface area contributed by atoms with E-state index < -0.39 is 17.7 Å². The van der Waals surface area contributed by atoms with E-state index in [-0.39, 0.29) is 10.8 Å². The molecule has 1 rings (SSSR count). The van der Waals surface area contributed by atoms with E-state index in [2.05, 4.69) is 0 Å². The number of carboxylic acids is 2. The van der Waals surface area contributed by atoms with Gasteiger partial charge in [-0.1, -0.05) is 17.7 Å². The molecule has 0 saturated heterocycles. The van der Waals surface area contributed by atoms with Crippen LogP contribution in [0.2, 0.25) is 5.02 Å². The molecular formula is C11H9ClO5. The van der Waals surface area contributed by atoms with Crippen LogP contribution in [-0.4, -0.2) is 22.2 Å². The fourth-order valence-corrected chi connectivity index (χ4v) is 1.21. The standard InChI is InChI=1S/C11H9ClO5/c1-6-2-3-7(12)8(4-6)17-9(11(15)16)5-10(13)14/h2-5H,1H3,(H,13,14)(H,15,16)/b9-5+. The highest BCUT2D eigenvalue weighted by atomic mass is 35.5. The molecule has 90 valence electrons. The van der Waals surface area contributed by atoms with Crippen LogP contribution in [0.3, 0.4) is 0 Å². The lowest BCUT2D eigenvalue weighted by molar-refractivity contribution is -0.137. The molecule has 2 N–H and O–H groups in total. The van der Waals surface area contributed by atoms with Gasteiger partial charge in [-0.15, -0.1) is 0 Å². The maximum Gasteiger partial charge on any atom is 0.372 e.